The Morgan fingerprint density at radius 2 is 1.62 bits per heavy atom. The molecule has 1 aromatic carbocycles. The van der Waals surface area contributed by atoms with Crippen LogP contribution in [-0.2, 0) is 0 Å². The summed E-state index contributed by atoms with van der Waals surface area (Å²) >= 11 is 0. The van der Waals surface area contributed by atoms with Crippen molar-refractivity contribution in [2.24, 2.45) is 5.73 Å². The highest BCUT2D eigenvalue weighted by Gasteiger charge is 2.14. The Labute approximate surface area is 146 Å². The van der Waals surface area contributed by atoms with Gasteiger partial charge in [0.15, 0.2) is 0 Å². The first-order valence-corrected chi connectivity index (χ1v) is 8.86. The van der Waals surface area contributed by atoms with Gasteiger partial charge in [-0.3, -0.25) is 0 Å². The fourth-order valence-corrected chi connectivity index (χ4v) is 2.24. The molecule has 0 saturated heterocycles. The third-order valence-electron chi connectivity index (χ3n) is 3.76. The minimum Gasteiger partial charge on any atom is -0.862 e. The van der Waals surface area contributed by atoms with Crippen LogP contribution in [0.3, 0.4) is 0 Å². The highest BCUT2D eigenvalue weighted by Crippen LogP contribution is 2.14. The molecule has 0 amide bonds. The van der Waals surface area contributed by atoms with Crippen molar-refractivity contribution in [2.45, 2.75) is 70.4 Å². The van der Waals surface area contributed by atoms with Crippen LogP contribution in [0.15, 0.2) is 30.3 Å². The Morgan fingerprint density at radius 1 is 1.08 bits per heavy atom. The molecule has 0 aliphatic heterocycles. The molecule has 0 fully saturated rings. The number of benzene rings is 1. The lowest BCUT2D eigenvalue weighted by atomic mass is 10.0. The molecule has 138 valence electrons. The standard InChI is InChI=1S/C10H21NO.C9H13NO2/c1-2-3-4-5-6-7-8-9-10(11)12;10-8(6-11)9(12)7-4-2-1-3-5-7/h2-9H2,1H3,(H2,11,12);1-5,8-9,11-12H,6,10H2/p-1. The number of aliphatic hydroxyl groups excluding tert-OH is 2. The highest BCUT2D eigenvalue weighted by atomic mass is 16.3. The molecule has 0 spiro atoms. The minimum atomic E-state index is -0.781. The van der Waals surface area contributed by atoms with Crippen molar-refractivity contribution < 1.29 is 15.3 Å². The van der Waals surface area contributed by atoms with Gasteiger partial charge >= 0.3 is 0 Å². The summed E-state index contributed by atoms with van der Waals surface area (Å²) in [6.45, 7) is 1.99. The van der Waals surface area contributed by atoms with Crippen LogP contribution in [-0.4, -0.2) is 28.8 Å². The molecule has 24 heavy (non-hydrogen) atoms. The molecule has 5 nitrogen and oxygen atoms in total. The molecule has 0 aliphatic rings. The first-order valence-electron chi connectivity index (χ1n) is 8.86. The SMILES string of the molecule is CCCCCCCCCC(=N)[O-].NC(CO)C(O)c1ccccc1. The summed E-state index contributed by atoms with van der Waals surface area (Å²) in [4.78, 5) is 0. The molecule has 0 heterocycles. The van der Waals surface area contributed by atoms with E-state index in [4.69, 9.17) is 16.2 Å². The van der Waals surface area contributed by atoms with Crippen LogP contribution >= 0.6 is 0 Å². The fourth-order valence-electron chi connectivity index (χ4n) is 2.24. The van der Waals surface area contributed by atoms with Crippen molar-refractivity contribution in [1.82, 2.24) is 0 Å². The van der Waals surface area contributed by atoms with Crippen molar-refractivity contribution in [1.29, 1.82) is 5.41 Å². The van der Waals surface area contributed by atoms with E-state index in [9.17, 15) is 10.2 Å². The van der Waals surface area contributed by atoms with E-state index in [-0.39, 0.29) is 6.61 Å². The molecular formula is C19H33N2O3-. The van der Waals surface area contributed by atoms with Gasteiger partial charge in [0.2, 0.25) is 0 Å². The van der Waals surface area contributed by atoms with Crippen LogP contribution in [0.25, 0.3) is 0 Å². The first-order chi connectivity index (χ1) is 11.5. The zero-order valence-corrected chi connectivity index (χ0v) is 14.8. The van der Waals surface area contributed by atoms with Gasteiger partial charge < -0.3 is 26.5 Å². The number of hydrogen-bond donors (Lipinski definition) is 4. The molecule has 2 unspecified atom stereocenters. The van der Waals surface area contributed by atoms with Crippen LogP contribution in [0.4, 0.5) is 0 Å². The second kappa shape index (κ2) is 15.1. The average molecular weight is 337 g/mol. The van der Waals surface area contributed by atoms with Gasteiger partial charge in [-0.25, -0.2) is 0 Å². The van der Waals surface area contributed by atoms with Gasteiger partial charge in [-0.1, -0.05) is 75.8 Å². The van der Waals surface area contributed by atoms with Crippen molar-refractivity contribution in [3.8, 4) is 0 Å². The second-order valence-electron chi connectivity index (χ2n) is 6.00. The summed E-state index contributed by atoms with van der Waals surface area (Å²) in [6, 6.07) is 8.46. The molecule has 1 rings (SSSR count). The lowest BCUT2D eigenvalue weighted by Crippen LogP contribution is -2.31. The van der Waals surface area contributed by atoms with Crippen LogP contribution in [0.1, 0.15) is 70.0 Å². The molecule has 0 aliphatic carbocycles. The van der Waals surface area contributed by atoms with E-state index in [1.165, 1.54) is 32.1 Å². The number of nitrogens with one attached hydrogen (secondary N) is 1. The van der Waals surface area contributed by atoms with Crippen molar-refractivity contribution in [3.05, 3.63) is 35.9 Å². The van der Waals surface area contributed by atoms with Crippen molar-refractivity contribution >= 4 is 5.90 Å². The van der Waals surface area contributed by atoms with Gasteiger partial charge in [-0.2, -0.15) is 0 Å². The van der Waals surface area contributed by atoms with Gasteiger partial charge in [-0.05, 0) is 24.3 Å². The number of rotatable bonds is 11. The molecule has 5 N–H and O–H groups in total. The Kier molecular flexibility index (Phi) is 14.2. The first kappa shape index (κ1) is 22.6. The highest BCUT2D eigenvalue weighted by molar-refractivity contribution is 5.67. The lowest BCUT2D eigenvalue weighted by Gasteiger charge is -2.16. The topological polar surface area (TPSA) is 113 Å². The molecule has 2 atom stereocenters. The predicted molar refractivity (Wildman–Crippen MR) is 96.8 cm³/mol. The van der Waals surface area contributed by atoms with Gasteiger partial charge in [0.1, 0.15) is 0 Å². The van der Waals surface area contributed by atoms with E-state index >= 15 is 0 Å². The Hall–Kier alpha value is -1.43. The zero-order valence-electron chi connectivity index (χ0n) is 14.8. The van der Waals surface area contributed by atoms with Crippen molar-refractivity contribution in [3.63, 3.8) is 0 Å². The van der Waals surface area contributed by atoms with E-state index < -0.39 is 18.0 Å². The average Bonchev–Trinajstić information content (AvgIpc) is 2.60. The summed E-state index contributed by atoms with van der Waals surface area (Å²) < 4.78 is 0. The molecule has 0 radical (unpaired) electrons. The molecular weight excluding hydrogens is 304 g/mol. The maximum absolute atomic E-state index is 10.2. The summed E-state index contributed by atoms with van der Waals surface area (Å²) in [5.41, 5.74) is 6.18. The van der Waals surface area contributed by atoms with Gasteiger partial charge in [0.05, 0.1) is 18.8 Å². The monoisotopic (exact) mass is 337 g/mol. The van der Waals surface area contributed by atoms with E-state index in [1.807, 2.05) is 18.2 Å². The number of nitrogens with two attached hydrogens (primary N) is 1. The zero-order chi connectivity index (χ0) is 18.2. The molecule has 0 bridgehead atoms. The summed E-state index contributed by atoms with van der Waals surface area (Å²) in [5, 5.41) is 35.1. The van der Waals surface area contributed by atoms with Gasteiger partial charge in [-0.15, -0.1) is 0 Å². The number of unbranched alkanes of at least 4 members (excludes halogenated alkanes) is 6. The Morgan fingerprint density at radius 3 is 2.12 bits per heavy atom. The molecule has 5 heteroatoms. The van der Waals surface area contributed by atoms with E-state index in [2.05, 4.69) is 6.92 Å². The van der Waals surface area contributed by atoms with E-state index in [0.717, 1.165) is 18.4 Å². The molecule has 0 aromatic heterocycles. The molecule has 0 saturated carbocycles. The quantitative estimate of drug-likeness (QED) is 0.282. The summed E-state index contributed by atoms with van der Waals surface area (Å²) in [5.74, 6) is -0.413. The normalized spacial score (nSPS) is 12.8. The van der Waals surface area contributed by atoms with Crippen LogP contribution in [0.5, 0.6) is 0 Å². The largest absolute Gasteiger partial charge is 0.862 e. The third kappa shape index (κ3) is 12.0. The maximum atomic E-state index is 10.2. The van der Waals surface area contributed by atoms with Gasteiger partial charge in [0.25, 0.3) is 0 Å². The number of hydrogen-bond acceptors (Lipinski definition) is 5. The van der Waals surface area contributed by atoms with E-state index in [1.54, 1.807) is 12.1 Å². The summed E-state index contributed by atoms with van der Waals surface area (Å²) in [7, 11) is 0. The fraction of sp³-hybridized carbons (Fsp3) is 0.632. The summed E-state index contributed by atoms with van der Waals surface area (Å²) in [6.07, 6.45) is 8.16. The van der Waals surface area contributed by atoms with E-state index in [0.29, 0.717) is 6.42 Å². The van der Waals surface area contributed by atoms with Crippen LogP contribution in [0.2, 0.25) is 0 Å². The minimum absolute atomic E-state index is 0.212. The third-order valence-corrected chi connectivity index (χ3v) is 3.76. The molecule has 1 aromatic rings. The van der Waals surface area contributed by atoms with Crippen molar-refractivity contribution in [2.75, 3.05) is 6.61 Å². The number of aliphatic hydroxyl groups is 2. The van der Waals surface area contributed by atoms with Crippen LogP contribution in [0, 0.1) is 5.41 Å². The maximum Gasteiger partial charge on any atom is 0.0963 e. The Bertz CT molecular complexity index is 412. The Balaban J connectivity index is 0.000000441. The van der Waals surface area contributed by atoms with Gasteiger partial charge in [0, 0.05) is 0 Å². The smallest absolute Gasteiger partial charge is 0.0963 e. The predicted octanol–water partition coefficient (Wildman–Crippen LogP) is 2.50. The second-order valence-corrected chi connectivity index (χ2v) is 6.00. The lowest BCUT2D eigenvalue weighted by molar-refractivity contribution is -0.220. The van der Waals surface area contributed by atoms with Crippen LogP contribution < -0.4 is 10.8 Å².